The molecule has 0 aliphatic heterocycles. The largest absolute Gasteiger partial charge is 0.463 e. The predicted molar refractivity (Wildman–Crippen MR) is 69.0 cm³/mol. The van der Waals surface area contributed by atoms with Gasteiger partial charge in [0.2, 0.25) is 0 Å². The molecule has 0 radical (unpaired) electrons. The first-order valence-electron chi connectivity index (χ1n) is 5.94. The number of furan rings is 1. The van der Waals surface area contributed by atoms with Crippen LogP contribution >= 0.6 is 0 Å². The molecule has 0 aliphatic rings. The minimum atomic E-state index is -0.00888. The highest BCUT2D eigenvalue weighted by atomic mass is 16.3. The van der Waals surface area contributed by atoms with E-state index in [1.54, 1.807) is 6.26 Å². The second-order valence-corrected chi connectivity index (χ2v) is 4.19. The molecule has 4 nitrogen and oxygen atoms in total. The number of nitrogens with one attached hydrogen (secondary N) is 1. The Morgan fingerprint density at radius 1 is 1.28 bits per heavy atom. The number of hydrogen-bond donors (Lipinski definition) is 2. The lowest BCUT2D eigenvalue weighted by Gasteiger charge is -2.04. The number of amides is 1. The molecule has 0 atom stereocenters. The van der Waals surface area contributed by atoms with Crippen molar-refractivity contribution in [2.75, 3.05) is 11.9 Å². The van der Waals surface area contributed by atoms with Crippen molar-refractivity contribution in [2.45, 2.75) is 13.5 Å². The molecule has 4 heteroatoms. The number of rotatable bonds is 5. The molecule has 0 spiro atoms. The fraction of sp³-hybridized carbons (Fsp3) is 0.214. The Hall–Kier alpha value is -2.07. The van der Waals surface area contributed by atoms with E-state index in [0.29, 0.717) is 13.1 Å². The van der Waals surface area contributed by atoms with Gasteiger partial charge in [0, 0.05) is 5.69 Å². The number of carbonyl (C=O) groups is 1. The van der Waals surface area contributed by atoms with Crippen LogP contribution in [0.4, 0.5) is 5.69 Å². The zero-order valence-corrected chi connectivity index (χ0v) is 10.3. The quantitative estimate of drug-likeness (QED) is 0.834. The van der Waals surface area contributed by atoms with Crippen molar-refractivity contribution in [1.82, 2.24) is 0 Å². The lowest BCUT2D eigenvalue weighted by molar-refractivity contribution is -0.661. The van der Waals surface area contributed by atoms with Crippen LogP contribution in [-0.2, 0) is 11.3 Å². The first-order chi connectivity index (χ1) is 8.74. The maximum absolute atomic E-state index is 11.7. The molecule has 0 fully saturated rings. The Morgan fingerprint density at radius 2 is 2.06 bits per heavy atom. The van der Waals surface area contributed by atoms with Gasteiger partial charge in [0.15, 0.2) is 12.3 Å². The SMILES string of the molecule is Cc1ccc(NC(=O)C[NH2+]Cc2ccco2)cc1. The molecular weight excluding hydrogens is 228 g/mol. The third kappa shape index (κ3) is 3.75. The predicted octanol–water partition coefficient (Wildman–Crippen LogP) is 1.29. The summed E-state index contributed by atoms with van der Waals surface area (Å²) in [4.78, 5) is 11.7. The van der Waals surface area contributed by atoms with Crippen molar-refractivity contribution in [1.29, 1.82) is 0 Å². The maximum Gasteiger partial charge on any atom is 0.279 e. The molecule has 0 unspecified atom stereocenters. The van der Waals surface area contributed by atoms with Gasteiger partial charge in [-0.2, -0.15) is 0 Å². The van der Waals surface area contributed by atoms with Crippen molar-refractivity contribution in [3.05, 3.63) is 54.0 Å². The molecule has 0 saturated heterocycles. The number of quaternary nitrogens is 1. The van der Waals surface area contributed by atoms with E-state index in [0.717, 1.165) is 11.4 Å². The molecule has 0 bridgehead atoms. The number of carbonyl (C=O) groups excluding carboxylic acids is 1. The number of hydrogen-bond acceptors (Lipinski definition) is 2. The average Bonchev–Trinajstić information content (AvgIpc) is 2.85. The van der Waals surface area contributed by atoms with Crippen LogP contribution < -0.4 is 10.6 Å². The average molecular weight is 245 g/mol. The van der Waals surface area contributed by atoms with E-state index in [4.69, 9.17) is 4.42 Å². The molecule has 3 N–H and O–H groups in total. The summed E-state index contributed by atoms with van der Waals surface area (Å²) >= 11 is 0. The molecule has 0 aliphatic carbocycles. The van der Waals surface area contributed by atoms with Crippen molar-refractivity contribution in [3.63, 3.8) is 0 Å². The van der Waals surface area contributed by atoms with Crippen LogP contribution in [0.25, 0.3) is 0 Å². The van der Waals surface area contributed by atoms with E-state index in [1.807, 2.05) is 48.6 Å². The summed E-state index contributed by atoms with van der Waals surface area (Å²) < 4.78 is 5.18. The van der Waals surface area contributed by atoms with Crippen LogP contribution in [0, 0.1) is 6.92 Å². The second-order valence-electron chi connectivity index (χ2n) is 4.19. The Bertz CT molecular complexity index is 489. The molecule has 1 heterocycles. The fourth-order valence-electron chi connectivity index (χ4n) is 1.62. The van der Waals surface area contributed by atoms with E-state index in [2.05, 4.69) is 5.32 Å². The van der Waals surface area contributed by atoms with Crippen LogP contribution in [0.5, 0.6) is 0 Å². The monoisotopic (exact) mass is 245 g/mol. The third-order valence-electron chi connectivity index (χ3n) is 2.59. The van der Waals surface area contributed by atoms with Crippen molar-refractivity contribution in [3.8, 4) is 0 Å². The topological polar surface area (TPSA) is 58.9 Å². The molecule has 94 valence electrons. The van der Waals surface area contributed by atoms with E-state index >= 15 is 0 Å². The summed E-state index contributed by atoms with van der Waals surface area (Å²) in [5.74, 6) is 0.864. The van der Waals surface area contributed by atoms with Gasteiger partial charge in [0.05, 0.1) is 6.26 Å². The van der Waals surface area contributed by atoms with Gasteiger partial charge in [-0.15, -0.1) is 0 Å². The fourth-order valence-corrected chi connectivity index (χ4v) is 1.62. The number of nitrogens with two attached hydrogens (primary N) is 1. The Kier molecular flexibility index (Phi) is 4.15. The molecule has 0 saturated carbocycles. The van der Waals surface area contributed by atoms with Gasteiger partial charge in [-0.3, -0.25) is 4.79 Å². The molecule has 2 rings (SSSR count). The maximum atomic E-state index is 11.7. The van der Waals surface area contributed by atoms with Gasteiger partial charge in [-0.05, 0) is 31.2 Å². The molecule has 1 aromatic heterocycles. The smallest absolute Gasteiger partial charge is 0.279 e. The van der Waals surface area contributed by atoms with Gasteiger partial charge in [0.25, 0.3) is 5.91 Å². The lowest BCUT2D eigenvalue weighted by Crippen LogP contribution is -2.84. The summed E-state index contributed by atoms with van der Waals surface area (Å²) in [7, 11) is 0. The summed E-state index contributed by atoms with van der Waals surface area (Å²) in [5.41, 5.74) is 2.01. The first-order valence-corrected chi connectivity index (χ1v) is 5.94. The van der Waals surface area contributed by atoms with E-state index in [-0.39, 0.29) is 5.91 Å². The van der Waals surface area contributed by atoms with Crippen LogP contribution in [0.1, 0.15) is 11.3 Å². The van der Waals surface area contributed by atoms with Gasteiger partial charge in [0.1, 0.15) is 6.54 Å². The van der Waals surface area contributed by atoms with Gasteiger partial charge in [-0.1, -0.05) is 17.7 Å². The summed E-state index contributed by atoms with van der Waals surface area (Å²) in [5, 5.41) is 4.75. The molecule has 18 heavy (non-hydrogen) atoms. The number of aryl methyl sites for hydroxylation is 1. The summed E-state index contributed by atoms with van der Waals surface area (Å²) in [6, 6.07) is 11.5. The van der Waals surface area contributed by atoms with Crippen LogP contribution in [0.15, 0.2) is 47.1 Å². The Morgan fingerprint density at radius 3 is 2.72 bits per heavy atom. The highest BCUT2D eigenvalue weighted by Gasteiger charge is 2.05. The molecule has 1 amide bonds. The number of anilines is 1. The highest BCUT2D eigenvalue weighted by molar-refractivity contribution is 5.91. The Labute approximate surface area is 106 Å². The van der Waals surface area contributed by atoms with Gasteiger partial charge < -0.3 is 15.1 Å². The third-order valence-corrected chi connectivity index (χ3v) is 2.59. The summed E-state index contributed by atoms with van der Waals surface area (Å²) in [6.45, 7) is 3.08. The highest BCUT2D eigenvalue weighted by Crippen LogP contribution is 2.07. The number of benzene rings is 1. The zero-order chi connectivity index (χ0) is 12.8. The van der Waals surface area contributed by atoms with Crippen LogP contribution in [0.2, 0.25) is 0 Å². The van der Waals surface area contributed by atoms with Crippen LogP contribution in [-0.4, -0.2) is 12.5 Å². The van der Waals surface area contributed by atoms with E-state index in [1.165, 1.54) is 5.56 Å². The standard InChI is InChI=1S/C14H16N2O2/c1-11-4-6-12(7-5-11)16-14(17)10-15-9-13-3-2-8-18-13/h2-8,15H,9-10H2,1H3,(H,16,17)/p+1. The summed E-state index contributed by atoms with van der Waals surface area (Å²) in [6.07, 6.45) is 1.63. The van der Waals surface area contributed by atoms with Crippen LogP contribution in [0.3, 0.4) is 0 Å². The van der Waals surface area contributed by atoms with Crippen molar-refractivity contribution >= 4 is 11.6 Å². The molecular formula is C14H17N2O2+. The van der Waals surface area contributed by atoms with Crippen molar-refractivity contribution in [2.24, 2.45) is 0 Å². The molecule has 1 aromatic carbocycles. The van der Waals surface area contributed by atoms with Crippen molar-refractivity contribution < 1.29 is 14.5 Å². The lowest BCUT2D eigenvalue weighted by atomic mass is 10.2. The van der Waals surface area contributed by atoms with E-state index in [9.17, 15) is 4.79 Å². The van der Waals surface area contributed by atoms with Gasteiger partial charge >= 0.3 is 0 Å². The minimum absolute atomic E-state index is 0.00888. The molecule has 2 aromatic rings. The normalized spacial score (nSPS) is 10.3. The zero-order valence-electron chi connectivity index (χ0n) is 10.3. The minimum Gasteiger partial charge on any atom is -0.463 e. The first kappa shape index (κ1) is 12.4. The second kappa shape index (κ2) is 6.02. The van der Waals surface area contributed by atoms with E-state index < -0.39 is 0 Å². The Balaban J connectivity index is 1.73. The van der Waals surface area contributed by atoms with Gasteiger partial charge in [-0.25, -0.2) is 0 Å².